The summed E-state index contributed by atoms with van der Waals surface area (Å²) in [4.78, 5) is 11.4. The number of methoxy groups -OCH3 is 1. The molecule has 1 aliphatic rings. The number of aromatic hydroxyl groups is 1. The quantitative estimate of drug-likeness (QED) is 0.722. The standard InChI is InChI=1S/C16H21N3O3S2.C2H6/c1-19(2)6-7-22-16(21-3)12-9-23-14(18-12)15-17-11-5-4-10(20)8-13(11)24-15;1-2/h4-5,8,12,16,20H,6-7,9H2,1-3H3;1-2H3. The lowest BCUT2D eigenvalue weighted by Crippen LogP contribution is -2.32. The number of thioether (sulfide) groups is 1. The molecule has 0 bridgehead atoms. The second-order valence-corrected chi connectivity index (χ2v) is 7.80. The molecule has 1 aromatic heterocycles. The molecule has 0 amide bonds. The molecule has 0 fully saturated rings. The van der Waals surface area contributed by atoms with E-state index in [0.29, 0.717) is 6.61 Å². The van der Waals surface area contributed by atoms with Crippen molar-refractivity contribution in [1.29, 1.82) is 0 Å². The van der Waals surface area contributed by atoms with Crippen LogP contribution in [-0.2, 0) is 9.47 Å². The molecule has 2 atom stereocenters. The van der Waals surface area contributed by atoms with Crippen LogP contribution in [0.3, 0.4) is 0 Å². The highest BCUT2D eigenvalue weighted by molar-refractivity contribution is 8.15. The Morgan fingerprint density at radius 1 is 1.35 bits per heavy atom. The van der Waals surface area contributed by atoms with Gasteiger partial charge in [0, 0.05) is 19.4 Å². The van der Waals surface area contributed by atoms with Crippen LogP contribution in [0.4, 0.5) is 0 Å². The molecular weight excluding hydrogens is 370 g/mol. The minimum Gasteiger partial charge on any atom is -0.508 e. The van der Waals surface area contributed by atoms with E-state index in [-0.39, 0.29) is 18.1 Å². The van der Waals surface area contributed by atoms with E-state index in [4.69, 9.17) is 14.5 Å². The summed E-state index contributed by atoms with van der Waals surface area (Å²) in [7, 11) is 5.68. The minimum absolute atomic E-state index is 0.0300. The summed E-state index contributed by atoms with van der Waals surface area (Å²) in [6, 6.07) is 5.18. The predicted octanol–water partition coefficient (Wildman–Crippen LogP) is 3.44. The molecule has 1 aliphatic heterocycles. The third kappa shape index (κ3) is 5.40. The largest absolute Gasteiger partial charge is 0.508 e. The molecule has 2 heterocycles. The van der Waals surface area contributed by atoms with Gasteiger partial charge in [0.1, 0.15) is 21.8 Å². The third-order valence-electron chi connectivity index (χ3n) is 3.60. The lowest BCUT2D eigenvalue weighted by atomic mass is 10.3. The first-order valence-electron chi connectivity index (χ1n) is 8.66. The van der Waals surface area contributed by atoms with Crippen molar-refractivity contribution in [1.82, 2.24) is 9.88 Å². The molecule has 1 N–H and O–H groups in total. The zero-order valence-corrected chi connectivity index (χ0v) is 17.6. The monoisotopic (exact) mass is 397 g/mol. The zero-order valence-electron chi connectivity index (χ0n) is 15.9. The molecule has 0 radical (unpaired) electrons. The normalized spacial score (nSPS) is 17.9. The van der Waals surface area contributed by atoms with Crippen LogP contribution in [0.1, 0.15) is 18.9 Å². The van der Waals surface area contributed by atoms with Gasteiger partial charge < -0.3 is 19.5 Å². The van der Waals surface area contributed by atoms with E-state index in [9.17, 15) is 5.11 Å². The Balaban J connectivity index is 0.00000117. The fourth-order valence-electron chi connectivity index (χ4n) is 2.34. The van der Waals surface area contributed by atoms with Gasteiger partial charge in [-0.3, -0.25) is 4.99 Å². The Labute approximate surface area is 163 Å². The number of benzene rings is 1. The van der Waals surface area contributed by atoms with Crippen LogP contribution < -0.4 is 0 Å². The Hall–Kier alpha value is -1.19. The van der Waals surface area contributed by atoms with E-state index >= 15 is 0 Å². The summed E-state index contributed by atoms with van der Waals surface area (Å²) in [5.41, 5.74) is 0.880. The van der Waals surface area contributed by atoms with Gasteiger partial charge in [-0.05, 0) is 32.3 Å². The average molecular weight is 398 g/mol. The van der Waals surface area contributed by atoms with Gasteiger partial charge in [0.25, 0.3) is 0 Å². The minimum atomic E-state index is -0.339. The van der Waals surface area contributed by atoms with Crippen molar-refractivity contribution >= 4 is 38.4 Å². The van der Waals surface area contributed by atoms with Crippen LogP contribution in [-0.4, -0.2) is 72.5 Å². The number of hydrogen-bond acceptors (Lipinski definition) is 8. The van der Waals surface area contributed by atoms with E-state index in [2.05, 4.69) is 9.88 Å². The lowest BCUT2D eigenvalue weighted by molar-refractivity contribution is -0.133. The summed E-state index contributed by atoms with van der Waals surface area (Å²) >= 11 is 3.21. The van der Waals surface area contributed by atoms with Crippen molar-refractivity contribution < 1.29 is 14.6 Å². The summed E-state index contributed by atoms with van der Waals surface area (Å²) in [5.74, 6) is 1.07. The fraction of sp³-hybridized carbons (Fsp3) is 0.556. The van der Waals surface area contributed by atoms with E-state index in [1.807, 2.05) is 34.0 Å². The first-order chi connectivity index (χ1) is 12.6. The van der Waals surface area contributed by atoms with Crippen molar-refractivity contribution in [2.45, 2.75) is 26.2 Å². The van der Waals surface area contributed by atoms with Crippen molar-refractivity contribution in [3.8, 4) is 5.75 Å². The molecule has 1 aromatic carbocycles. The summed E-state index contributed by atoms with van der Waals surface area (Å²) < 4.78 is 12.2. The third-order valence-corrected chi connectivity index (χ3v) is 5.83. The predicted molar refractivity (Wildman–Crippen MR) is 111 cm³/mol. The highest BCUT2D eigenvalue weighted by atomic mass is 32.2. The first kappa shape index (κ1) is 21.1. The van der Waals surface area contributed by atoms with Crippen molar-refractivity contribution in [2.24, 2.45) is 4.99 Å². The van der Waals surface area contributed by atoms with Gasteiger partial charge in [-0.15, -0.1) is 23.1 Å². The van der Waals surface area contributed by atoms with Crippen molar-refractivity contribution in [2.75, 3.05) is 40.1 Å². The van der Waals surface area contributed by atoms with E-state index in [0.717, 1.165) is 32.6 Å². The maximum absolute atomic E-state index is 9.58. The number of likely N-dealkylation sites (N-methyl/N-ethyl adjacent to an activating group) is 1. The number of aliphatic imine (C=N–C) groups is 1. The maximum atomic E-state index is 9.58. The number of nitrogens with zero attached hydrogens (tertiary/aromatic N) is 3. The van der Waals surface area contributed by atoms with E-state index in [1.165, 1.54) is 0 Å². The molecule has 0 saturated carbocycles. The smallest absolute Gasteiger partial charge is 0.180 e. The van der Waals surface area contributed by atoms with Crippen LogP contribution in [0.5, 0.6) is 5.75 Å². The molecule has 8 heteroatoms. The van der Waals surface area contributed by atoms with Crippen LogP contribution >= 0.6 is 23.1 Å². The first-order valence-corrected chi connectivity index (χ1v) is 10.5. The number of fused-ring (bicyclic) bond motifs is 1. The van der Waals surface area contributed by atoms with Gasteiger partial charge in [-0.1, -0.05) is 13.8 Å². The number of thiazole rings is 1. The fourth-order valence-corrected chi connectivity index (χ4v) is 4.47. The Bertz CT molecular complexity index is 734. The summed E-state index contributed by atoms with van der Waals surface area (Å²) in [5, 5.41) is 11.4. The molecular formula is C18H27N3O3S2. The molecule has 6 nitrogen and oxygen atoms in total. The van der Waals surface area contributed by atoms with Crippen LogP contribution in [0.15, 0.2) is 23.2 Å². The second kappa shape index (κ2) is 10.2. The summed E-state index contributed by atoms with van der Waals surface area (Å²) in [6.45, 7) is 5.45. The molecule has 2 aromatic rings. The number of ether oxygens (including phenoxy) is 2. The lowest BCUT2D eigenvalue weighted by Gasteiger charge is -2.21. The number of rotatable bonds is 7. The number of hydrogen-bond donors (Lipinski definition) is 1. The van der Waals surface area contributed by atoms with E-state index < -0.39 is 0 Å². The van der Waals surface area contributed by atoms with Crippen LogP contribution in [0.25, 0.3) is 10.2 Å². The Morgan fingerprint density at radius 2 is 2.12 bits per heavy atom. The van der Waals surface area contributed by atoms with Crippen molar-refractivity contribution in [3.63, 3.8) is 0 Å². The van der Waals surface area contributed by atoms with Gasteiger partial charge >= 0.3 is 0 Å². The van der Waals surface area contributed by atoms with Gasteiger partial charge in [0.05, 0.1) is 16.8 Å². The average Bonchev–Trinajstić information content (AvgIpc) is 3.26. The van der Waals surface area contributed by atoms with Gasteiger partial charge in [0.2, 0.25) is 0 Å². The number of phenolic OH excluding ortho intramolecular Hbond substituents is 1. The van der Waals surface area contributed by atoms with Gasteiger partial charge in [-0.25, -0.2) is 4.98 Å². The highest BCUT2D eigenvalue weighted by Gasteiger charge is 2.29. The molecule has 2 unspecified atom stereocenters. The van der Waals surface area contributed by atoms with Crippen LogP contribution in [0, 0.1) is 0 Å². The summed E-state index contributed by atoms with van der Waals surface area (Å²) in [6.07, 6.45) is -0.339. The van der Waals surface area contributed by atoms with Crippen LogP contribution in [0.2, 0.25) is 0 Å². The Morgan fingerprint density at radius 3 is 2.81 bits per heavy atom. The molecule has 0 aliphatic carbocycles. The second-order valence-electron chi connectivity index (χ2n) is 5.76. The Kier molecular flexibility index (Phi) is 8.30. The molecule has 3 rings (SSSR count). The topological polar surface area (TPSA) is 67.2 Å². The number of aromatic nitrogens is 1. The highest BCUT2D eigenvalue weighted by Crippen LogP contribution is 2.32. The van der Waals surface area contributed by atoms with Gasteiger partial charge in [0.15, 0.2) is 6.29 Å². The van der Waals surface area contributed by atoms with Crippen molar-refractivity contribution in [3.05, 3.63) is 23.2 Å². The molecule has 0 saturated heterocycles. The van der Waals surface area contributed by atoms with Gasteiger partial charge in [-0.2, -0.15) is 0 Å². The SMILES string of the molecule is CC.COC(OCCN(C)C)C1CSC(c2nc3ccc(O)cc3s2)=N1. The molecule has 0 spiro atoms. The number of phenols is 1. The maximum Gasteiger partial charge on any atom is 0.180 e. The molecule has 26 heavy (non-hydrogen) atoms. The molecule has 144 valence electrons. The zero-order chi connectivity index (χ0) is 19.1. The van der Waals surface area contributed by atoms with E-state index in [1.54, 1.807) is 42.3 Å².